The molecule has 0 unspecified atom stereocenters. The van der Waals surface area contributed by atoms with E-state index in [9.17, 15) is 9.59 Å². The van der Waals surface area contributed by atoms with Crippen molar-refractivity contribution in [3.8, 4) is 11.4 Å². The Morgan fingerprint density at radius 3 is 2.79 bits per heavy atom. The van der Waals surface area contributed by atoms with E-state index in [-0.39, 0.29) is 11.9 Å². The number of carbonyl (C=O) groups excluding carboxylic acids is 2. The minimum atomic E-state index is -0.472. The molecule has 0 bridgehead atoms. The Balaban J connectivity index is 1.67. The van der Waals surface area contributed by atoms with Gasteiger partial charge in [-0.1, -0.05) is 30.3 Å². The highest BCUT2D eigenvalue weighted by molar-refractivity contribution is 7.10. The summed E-state index contributed by atoms with van der Waals surface area (Å²) in [4.78, 5) is 32.3. The molecule has 1 fully saturated rings. The molecule has 3 amide bonds. The van der Waals surface area contributed by atoms with Gasteiger partial charge < -0.3 is 9.80 Å². The number of anilines is 1. The third kappa shape index (κ3) is 3.23. The molecule has 0 saturated carbocycles. The number of hydrogen-bond acceptors (Lipinski definition) is 5. The van der Waals surface area contributed by atoms with Gasteiger partial charge in [0.15, 0.2) is 5.82 Å². The van der Waals surface area contributed by atoms with Crippen LogP contribution < -0.4 is 5.32 Å². The van der Waals surface area contributed by atoms with Gasteiger partial charge in [-0.3, -0.25) is 10.1 Å². The predicted octanol–water partition coefficient (Wildman–Crippen LogP) is 2.29. The van der Waals surface area contributed by atoms with Crippen molar-refractivity contribution in [2.75, 3.05) is 25.0 Å². The number of benzene rings is 1. The molecular formula is C16H19N5O2S. The van der Waals surface area contributed by atoms with Gasteiger partial charge in [0.05, 0.1) is 0 Å². The number of nitrogens with one attached hydrogen (secondary N) is 1. The lowest BCUT2D eigenvalue weighted by Crippen LogP contribution is -2.58. The van der Waals surface area contributed by atoms with Crippen molar-refractivity contribution in [3.05, 3.63) is 30.3 Å². The first kappa shape index (κ1) is 16.4. The van der Waals surface area contributed by atoms with Gasteiger partial charge in [0.2, 0.25) is 11.0 Å². The number of hydrogen-bond donors (Lipinski definition) is 1. The number of likely N-dealkylation sites (N-methyl/N-ethyl adjacent to an activating group) is 1. The van der Waals surface area contributed by atoms with Crippen LogP contribution in [-0.2, 0) is 4.79 Å². The van der Waals surface area contributed by atoms with E-state index in [1.807, 2.05) is 37.3 Å². The summed E-state index contributed by atoms with van der Waals surface area (Å²) in [6, 6.07) is 8.79. The third-order valence-electron chi connectivity index (χ3n) is 4.06. The molecule has 2 heterocycles. The van der Waals surface area contributed by atoms with Crippen molar-refractivity contribution in [1.29, 1.82) is 0 Å². The summed E-state index contributed by atoms with van der Waals surface area (Å²) in [7, 11) is 0. The molecule has 7 nitrogen and oxygen atoms in total. The maximum Gasteiger partial charge on any atom is 0.324 e. The zero-order valence-electron chi connectivity index (χ0n) is 13.6. The normalized spacial score (nSPS) is 17.9. The van der Waals surface area contributed by atoms with Crippen LogP contribution >= 0.6 is 11.5 Å². The first-order valence-corrected chi connectivity index (χ1v) is 8.63. The number of carbonyl (C=O) groups is 2. The van der Waals surface area contributed by atoms with Gasteiger partial charge in [0.1, 0.15) is 6.04 Å². The van der Waals surface area contributed by atoms with E-state index in [0.717, 1.165) is 17.1 Å². The summed E-state index contributed by atoms with van der Waals surface area (Å²) in [5.41, 5.74) is 0.898. The zero-order chi connectivity index (χ0) is 17.1. The highest BCUT2D eigenvalue weighted by Gasteiger charge is 2.33. The van der Waals surface area contributed by atoms with Crippen LogP contribution in [0.25, 0.3) is 11.4 Å². The molecule has 24 heavy (non-hydrogen) atoms. The number of piperazine rings is 1. The van der Waals surface area contributed by atoms with Crippen molar-refractivity contribution in [3.63, 3.8) is 0 Å². The van der Waals surface area contributed by atoms with Gasteiger partial charge in [-0.25, -0.2) is 4.79 Å². The Hall–Kier alpha value is -2.48. The van der Waals surface area contributed by atoms with E-state index >= 15 is 0 Å². The van der Waals surface area contributed by atoms with Gasteiger partial charge in [0, 0.05) is 36.7 Å². The third-order valence-corrected chi connectivity index (χ3v) is 4.69. The van der Waals surface area contributed by atoms with E-state index in [1.54, 1.807) is 11.8 Å². The van der Waals surface area contributed by atoms with Crippen LogP contribution in [0.5, 0.6) is 0 Å². The molecule has 1 saturated heterocycles. The van der Waals surface area contributed by atoms with Gasteiger partial charge in [-0.05, 0) is 13.8 Å². The number of aromatic nitrogens is 2. The van der Waals surface area contributed by atoms with Crippen LogP contribution in [0.15, 0.2) is 30.3 Å². The lowest BCUT2D eigenvalue weighted by atomic mass is 10.2. The SMILES string of the molecule is CCN1CCN(C(=O)Nc2nc(-c3ccccc3)ns2)[C@@H](C)C1=O. The molecular weight excluding hydrogens is 326 g/mol. The van der Waals surface area contributed by atoms with Crippen molar-refractivity contribution in [1.82, 2.24) is 19.2 Å². The van der Waals surface area contributed by atoms with Crippen molar-refractivity contribution < 1.29 is 9.59 Å². The van der Waals surface area contributed by atoms with Crippen LogP contribution in [0.1, 0.15) is 13.8 Å². The Kier molecular flexibility index (Phi) is 4.75. The van der Waals surface area contributed by atoms with Crippen LogP contribution in [0.2, 0.25) is 0 Å². The van der Waals surface area contributed by atoms with Crippen LogP contribution in [0, 0.1) is 0 Å². The van der Waals surface area contributed by atoms with E-state index in [0.29, 0.717) is 30.6 Å². The Bertz CT molecular complexity index is 733. The molecule has 0 spiro atoms. The molecule has 8 heteroatoms. The molecule has 0 aliphatic carbocycles. The lowest BCUT2D eigenvalue weighted by Gasteiger charge is -2.38. The minimum absolute atomic E-state index is 0.0267. The number of nitrogens with zero attached hydrogens (tertiary/aromatic N) is 4. The van der Waals surface area contributed by atoms with Gasteiger partial charge in [-0.2, -0.15) is 9.36 Å². The molecule has 2 aromatic rings. The second-order valence-electron chi connectivity index (χ2n) is 5.51. The van der Waals surface area contributed by atoms with Crippen molar-refractivity contribution in [2.45, 2.75) is 19.9 Å². The fourth-order valence-electron chi connectivity index (χ4n) is 2.66. The predicted molar refractivity (Wildman–Crippen MR) is 92.8 cm³/mol. The summed E-state index contributed by atoms with van der Waals surface area (Å²) in [6.45, 7) is 5.41. The van der Waals surface area contributed by atoms with Crippen molar-refractivity contribution >= 4 is 28.6 Å². The average molecular weight is 345 g/mol. The molecule has 126 valence electrons. The van der Waals surface area contributed by atoms with Crippen molar-refractivity contribution in [2.24, 2.45) is 0 Å². The number of amides is 3. The fourth-order valence-corrected chi connectivity index (χ4v) is 3.24. The summed E-state index contributed by atoms with van der Waals surface area (Å²) < 4.78 is 4.27. The Labute approximate surface area is 144 Å². The fraction of sp³-hybridized carbons (Fsp3) is 0.375. The summed E-state index contributed by atoms with van der Waals surface area (Å²) >= 11 is 1.13. The number of urea groups is 1. The van der Waals surface area contributed by atoms with E-state index in [4.69, 9.17) is 0 Å². The molecule has 1 aromatic carbocycles. The number of rotatable bonds is 3. The molecule has 1 N–H and O–H groups in total. The Morgan fingerprint density at radius 2 is 2.08 bits per heavy atom. The molecule has 3 rings (SSSR count). The first-order chi connectivity index (χ1) is 11.6. The van der Waals surface area contributed by atoms with Gasteiger partial charge in [0.25, 0.3) is 0 Å². The van der Waals surface area contributed by atoms with Gasteiger partial charge in [-0.15, -0.1) is 0 Å². The standard InChI is InChI=1S/C16H19N5O2S/c1-3-20-9-10-21(11(2)14(20)22)16(23)18-15-17-13(19-24-15)12-7-5-4-6-8-12/h4-8,11H,3,9-10H2,1-2H3,(H,17,18,19,23)/t11-/m0/s1. The zero-order valence-corrected chi connectivity index (χ0v) is 14.4. The van der Waals surface area contributed by atoms with E-state index in [1.165, 1.54) is 4.90 Å². The summed E-state index contributed by atoms with van der Waals surface area (Å²) in [5, 5.41) is 3.17. The van der Waals surface area contributed by atoms with Crippen LogP contribution in [-0.4, -0.2) is 56.8 Å². The topological polar surface area (TPSA) is 78.4 Å². The van der Waals surface area contributed by atoms with E-state index < -0.39 is 6.04 Å². The summed E-state index contributed by atoms with van der Waals surface area (Å²) in [5.74, 6) is 0.553. The summed E-state index contributed by atoms with van der Waals surface area (Å²) in [6.07, 6.45) is 0. The molecule has 1 aliphatic rings. The van der Waals surface area contributed by atoms with Gasteiger partial charge >= 0.3 is 6.03 Å². The maximum atomic E-state index is 12.4. The monoisotopic (exact) mass is 345 g/mol. The second-order valence-corrected chi connectivity index (χ2v) is 6.26. The molecule has 0 radical (unpaired) electrons. The molecule has 1 atom stereocenters. The largest absolute Gasteiger partial charge is 0.339 e. The molecule has 1 aromatic heterocycles. The van der Waals surface area contributed by atoms with E-state index in [2.05, 4.69) is 14.7 Å². The van der Waals surface area contributed by atoms with Crippen LogP contribution in [0.4, 0.5) is 9.93 Å². The second kappa shape index (κ2) is 6.96. The smallest absolute Gasteiger partial charge is 0.324 e. The minimum Gasteiger partial charge on any atom is -0.339 e. The average Bonchev–Trinajstić information content (AvgIpc) is 3.06. The molecule has 1 aliphatic heterocycles. The first-order valence-electron chi connectivity index (χ1n) is 7.85. The Morgan fingerprint density at radius 1 is 1.33 bits per heavy atom. The maximum absolute atomic E-state index is 12.4. The lowest BCUT2D eigenvalue weighted by molar-refractivity contribution is -0.138. The van der Waals surface area contributed by atoms with Crippen LogP contribution in [0.3, 0.4) is 0 Å². The highest BCUT2D eigenvalue weighted by Crippen LogP contribution is 2.21. The quantitative estimate of drug-likeness (QED) is 0.926. The highest BCUT2D eigenvalue weighted by atomic mass is 32.1.